The molecule has 0 aliphatic carbocycles. The summed E-state index contributed by atoms with van der Waals surface area (Å²) in [6, 6.07) is 5.34. The van der Waals surface area contributed by atoms with Crippen molar-refractivity contribution in [1.29, 1.82) is 0 Å². The zero-order valence-electron chi connectivity index (χ0n) is 8.95. The molecule has 2 N–H and O–H groups in total. The maximum absolute atomic E-state index is 6.20. The van der Waals surface area contributed by atoms with E-state index in [9.17, 15) is 0 Å². The zero-order chi connectivity index (χ0) is 11.7. The van der Waals surface area contributed by atoms with Crippen LogP contribution < -0.4 is 10.5 Å². The van der Waals surface area contributed by atoms with Crippen molar-refractivity contribution in [3.8, 4) is 17.1 Å². The Morgan fingerprint density at radius 1 is 1.44 bits per heavy atom. The lowest BCUT2D eigenvalue weighted by Crippen LogP contribution is -1.89. The van der Waals surface area contributed by atoms with E-state index in [4.69, 9.17) is 26.6 Å². The Hall–Kier alpha value is -1.68. The van der Waals surface area contributed by atoms with Crippen LogP contribution in [0, 0.1) is 6.92 Å². The van der Waals surface area contributed by atoms with Gasteiger partial charge in [0.2, 0.25) is 0 Å². The van der Waals surface area contributed by atoms with Crippen molar-refractivity contribution < 1.29 is 9.26 Å². The number of hydrogen-bond donors (Lipinski definition) is 1. The minimum atomic E-state index is 0.327. The highest BCUT2D eigenvalue weighted by molar-refractivity contribution is 6.34. The normalized spacial score (nSPS) is 10.4. The van der Waals surface area contributed by atoms with Crippen molar-refractivity contribution in [3.05, 3.63) is 28.8 Å². The minimum Gasteiger partial charge on any atom is -0.495 e. The topological polar surface area (TPSA) is 61.3 Å². The average Bonchev–Trinajstić information content (AvgIpc) is 2.65. The van der Waals surface area contributed by atoms with Crippen molar-refractivity contribution in [2.45, 2.75) is 6.92 Å². The third-order valence-corrected chi connectivity index (χ3v) is 2.68. The summed E-state index contributed by atoms with van der Waals surface area (Å²) in [7, 11) is 1.56. The second-order valence-electron chi connectivity index (χ2n) is 3.39. The Morgan fingerprint density at radius 3 is 2.75 bits per heavy atom. The molecule has 0 aliphatic rings. The molecule has 0 unspecified atom stereocenters. The van der Waals surface area contributed by atoms with Crippen LogP contribution in [0.4, 0.5) is 5.82 Å². The van der Waals surface area contributed by atoms with Crippen LogP contribution in [0.25, 0.3) is 11.3 Å². The predicted molar refractivity (Wildman–Crippen MR) is 62.7 cm³/mol. The monoisotopic (exact) mass is 238 g/mol. The van der Waals surface area contributed by atoms with Gasteiger partial charge in [0.25, 0.3) is 0 Å². The number of aromatic nitrogens is 1. The molecule has 0 saturated heterocycles. The van der Waals surface area contributed by atoms with Crippen LogP contribution in [0.15, 0.2) is 22.7 Å². The fourth-order valence-electron chi connectivity index (χ4n) is 1.52. The lowest BCUT2D eigenvalue weighted by Gasteiger charge is -2.08. The number of anilines is 1. The molecule has 0 amide bonds. The number of aryl methyl sites for hydroxylation is 1. The van der Waals surface area contributed by atoms with E-state index in [-0.39, 0.29) is 0 Å². The summed E-state index contributed by atoms with van der Waals surface area (Å²) in [5.74, 6) is 1.46. The molecule has 1 aromatic heterocycles. The van der Waals surface area contributed by atoms with E-state index in [0.29, 0.717) is 22.4 Å². The van der Waals surface area contributed by atoms with Crippen LogP contribution in [-0.2, 0) is 0 Å². The summed E-state index contributed by atoms with van der Waals surface area (Å²) in [6.07, 6.45) is 0. The number of nitrogens with two attached hydrogens (primary N) is 1. The van der Waals surface area contributed by atoms with E-state index in [1.165, 1.54) is 0 Å². The van der Waals surface area contributed by atoms with E-state index in [2.05, 4.69) is 5.16 Å². The van der Waals surface area contributed by atoms with Gasteiger partial charge in [0.1, 0.15) is 5.75 Å². The molecule has 2 aromatic rings. The van der Waals surface area contributed by atoms with Crippen molar-refractivity contribution in [2.24, 2.45) is 0 Å². The van der Waals surface area contributed by atoms with Crippen LogP contribution in [-0.4, -0.2) is 12.3 Å². The van der Waals surface area contributed by atoms with Gasteiger partial charge in [0, 0.05) is 11.6 Å². The zero-order valence-corrected chi connectivity index (χ0v) is 9.71. The van der Waals surface area contributed by atoms with Crippen molar-refractivity contribution in [1.82, 2.24) is 5.16 Å². The van der Waals surface area contributed by atoms with Crippen LogP contribution >= 0.6 is 11.6 Å². The highest BCUT2D eigenvalue weighted by atomic mass is 35.5. The molecule has 0 spiro atoms. The first kappa shape index (κ1) is 10.8. The van der Waals surface area contributed by atoms with E-state index >= 15 is 0 Å². The van der Waals surface area contributed by atoms with Gasteiger partial charge in [0.15, 0.2) is 11.6 Å². The molecule has 2 rings (SSSR count). The summed E-state index contributed by atoms with van der Waals surface area (Å²) < 4.78 is 10.2. The quantitative estimate of drug-likeness (QED) is 0.874. The van der Waals surface area contributed by atoms with Gasteiger partial charge in [-0.1, -0.05) is 22.8 Å². The average molecular weight is 239 g/mol. The van der Waals surface area contributed by atoms with Crippen molar-refractivity contribution >= 4 is 17.4 Å². The van der Waals surface area contributed by atoms with Gasteiger partial charge in [-0.15, -0.1) is 0 Å². The molecule has 0 aliphatic heterocycles. The first-order valence-electron chi connectivity index (χ1n) is 4.69. The molecule has 0 fully saturated rings. The van der Waals surface area contributed by atoms with Crippen molar-refractivity contribution in [3.63, 3.8) is 0 Å². The van der Waals surface area contributed by atoms with Gasteiger partial charge in [-0.2, -0.15) is 0 Å². The van der Waals surface area contributed by atoms with Crippen LogP contribution in [0.3, 0.4) is 0 Å². The molecule has 0 radical (unpaired) electrons. The minimum absolute atomic E-state index is 0.327. The summed E-state index contributed by atoms with van der Waals surface area (Å²) in [5, 5.41) is 4.13. The first-order valence-corrected chi connectivity index (χ1v) is 5.07. The summed E-state index contributed by atoms with van der Waals surface area (Å²) in [5.41, 5.74) is 7.24. The van der Waals surface area contributed by atoms with Gasteiger partial charge in [0.05, 0.1) is 12.1 Å². The molecular weight excluding hydrogens is 228 g/mol. The number of methoxy groups -OCH3 is 1. The Morgan fingerprint density at radius 2 is 2.19 bits per heavy atom. The molecule has 84 valence electrons. The molecule has 1 heterocycles. The molecule has 16 heavy (non-hydrogen) atoms. The molecular formula is C11H11ClN2O2. The first-order chi connectivity index (χ1) is 7.63. The lowest BCUT2D eigenvalue weighted by atomic mass is 10.1. The SMILES string of the molecule is COc1ccc(C)c(-c2cc(N)no2)c1Cl. The highest BCUT2D eigenvalue weighted by Gasteiger charge is 2.15. The van der Waals surface area contributed by atoms with Crippen LogP contribution in [0.2, 0.25) is 5.02 Å². The summed E-state index contributed by atoms with van der Waals surface area (Å²) >= 11 is 6.20. The van der Waals surface area contributed by atoms with E-state index in [1.807, 2.05) is 13.0 Å². The van der Waals surface area contributed by atoms with Crippen LogP contribution in [0.5, 0.6) is 5.75 Å². The summed E-state index contributed by atoms with van der Waals surface area (Å²) in [4.78, 5) is 0. The third-order valence-electron chi connectivity index (χ3n) is 2.31. The second kappa shape index (κ2) is 4.06. The number of hydrogen-bond acceptors (Lipinski definition) is 4. The Balaban J connectivity index is 2.63. The smallest absolute Gasteiger partial charge is 0.170 e. The number of nitrogens with zero attached hydrogens (tertiary/aromatic N) is 1. The maximum Gasteiger partial charge on any atom is 0.170 e. The van der Waals surface area contributed by atoms with E-state index in [1.54, 1.807) is 19.2 Å². The molecule has 0 atom stereocenters. The van der Waals surface area contributed by atoms with E-state index in [0.717, 1.165) is 11.1 Å². The molecule has 4 nitrogen and oxygen atoms in total. The number of halogens is 1. The van der Waals surface area contributed by atoms with Gasteiger partial charge in [-0.25, -0.2) is 0 Å². The van der Waals surface area contributed by atoms with Gasteiger partial charge < -0.3 is 15.0 Å². The fraction of sp³-hybridized carbons (Fsp3) is 0.182. The Labute approximate surface area is 97.9 Å². The molecule has 5 heteroatoms. The summed E-state index contributed by atoms with van der Waals surface area (Å²) in [6.45, 7) is 1.93. The second-order valence-corrected chi connectivity index (χ2v) is 3.77. The number of ether oxygens (including phenoxy) is 1. The molecule has 0 saturated carbocycles. The predicted octanol–water partition coefficient (Wildman–Crippen LogP) is 2.89. The van der Waals surface area contributed by atoms with Crippen LogP contribution in [0.1, 0.15) is 5.56 Å². The third kappa shape index (κ3) is 1.72. The number of benzene rings is 1. The number of nitrogen functional groups attached to an aromatic ring is 1. The lowest BCUT2D eigenvalue weighted by molar-refractivity contribution is 0.413. The highest BCUT2D eigenvalue weighted by Crippen LogP contribution is 2.38. The Kier molecular flexibility index (Phi) is 2.75. The van der Waals surface area contributed by atoms with Gasteiger partial charge in [-0.3, -0.25) is 0 Å². The Bertz CT molecular complexity index is 523. The van der Waals surface area contributed by atoms with Crippen molar-refractivity contribution in [2.75, 3.05) is 12.8 Å². The van der Waals surface area contributed by atoms with E-state index < -0.39 is 0 Å². The number of rotatable bonds is 2. The maximum atomic E-state index is 6.20. The fourth-order valence-corrected chi connectivity index (χ4v) is 1.90. The molecule has 1 aromatic carbocycles. The van der Waals surface area contributed by atoms with Gasteiger partial charge >= 0.3 is 0 Å². The standard InChI is InChI=1S/C11H11ClN2O2/c1-6-3-4-7(15-2)11(12)10(6)8-5-9(13)14-16-8/h3-5H,1-2H3,(H2,13,14). The molecule has 0 bridgehead atoms. The van der Waals surface area contributed by atoms with Gasteiger partial charge in [-0.05, 0) is 18.6 Å². The largest absolute Gasteiger partial charge is 0.495 e.